The van der Waals surface area contributed by atoms with Gasteiger partial charge in [0.2, 0.25) is 0 Å². The van der Waals surface area contributed by atoms with E-state index < -0.39 is 5.97 Å². The molecule has 1 aliphatic rings. The van der Waals surface area contributed by atoms with E-state index in [-0.39, 0.29) is 12.5 Å². The van der Waals surface area contributed by atoms with E-state index in [9.17, 15) is 9.59 Å². The molecule has 0 saturated heterocycles. The fourth-order valence-electron chi connectivity index (χ4n) is 2.97. The second kappa shape index (κ2) is 5.91. The van der Waals surface area contributed by atoms with Gasteiger partial charge >= 0.3 is 5.97 Å². The number of carbonyl (C=O) groups is 2. The highest BCUT2D eigenvalue weighted by molar-refractivity contribution is 5.99. The Bertz CT molecular complexity index is 775. The molecule has 1 aromatic heterocycles. The third-order valence-corrected chi connectivity index (χ3v) is 4.28. The van der Waals surface area contributed by atoms with Crippen molar-refractivity contribution in [3.63, 3.8) is 0 Å². The van der Waals surface area contributed by atoms with Crippen LogP contribution in [-0.4, -0.2) is 25.0 Å². The van der Waals surface area contributed by atoms with Crippen molar-refractivity contribution in [3.05, 3.63) is 52.5 Å². The predicted octanol–water partition coefficient (Wildman–Crippen LogP) is 2.95. The van der Waals surface area contributed by atoms with Crippen LogP contribution in [0.3, 0.4) is 0 Å². The van der Waals surface area contributed by atoms with E-state index in [1.165, 1.54) is 0 Å². The monoisotopic (exact) mass is 313 g/mol. The molecule has 23 heavy (non-hydrogen) atoms. The number of para-hydroxylation sites is 1. The number of ether oxygens (including phenoxy) is 1. The summed E-state index contributed by atoms with van der Waals surface area (Å²) < 4.78 is 10.6. The SMILES string of the molecule is Cc1oc(C)c(C(=O)OCC(=O)N2CCc3ccccc32)c1C. The van der Waals surface area contributed by atoms with Gasteiger partial charge in [0.05, 0.1) is 0 Å². The van der Waals surface area contributed by atoms with Crippen LogP contribution in [-0.2, 0) is 16.0 Å². The van der Waals surface area contributed by atoms with Gasteiger partial charge in [-0.15, -0.1) is 0 Å². The number of aryl methyl sites for hydroxylation is 2. The number of nitrogens with zero attached hydrogens (tertiary/aromatic N) is 1. The molecule has 0 saturated carbocycles. The Morgan fingerprint density at radius 3 is 2.61 bits per heavy atom. The molecule has 2 aromatic rings. The first kappa shape index (κ1) is 15.3. The van der Waals surface area contributed by atoms with E-state index in [0.29, 0.717) is 23.6 Å². The molecule has 0 N–H and O–H groups in total. The smallest absolute Gasteiger partial charge is 0.342 e. The minimum Gasteiger partial charge on any atom is -0.465 e. The van der Waals surface area contributed by atoms with Crippen molar-refractivity contribution in [2.75, 3.05) is 18.1 Å². The number of amides is 1. The number of hydrogen-bond acceptors (Lipinski definition) is 4. The molecular weight excluding hydrogens is 294 g/mol. The van der Waals surface area contributed by atoms with E-state index in [0.717, 1.165) is 23.2 Å². The summed E-state index contributed by atoms with van der Waals surface area (Å²) in [4.78, 5) is 26.2. The van der Waals surface area contributed by atoms with Crippen molar-refractivity contribution in [2.24, 2.45) is 0 Å². The summed E-state index contributed by atoms with van der Waals surface area (Å²) >= 11 is 0. The van der Waals surface area contributed by atoms with Crippen molar-refractivity contribution in [1.82, 2.24) is 0 Å². The molecule has 3 rings (SSSR count). The summed E-state index contributed by atoms with van der Waals surface area (Å²) in [6, 6.07) is 7.78. The molecule has 5 heteroatoms. The lowest BCUT2D eigenvalue weighted by atomic mass is 10.1. The van der Waals surface area contributed by atoms with Gasteiger partial charge in [0, 0.05) is 17.8 Å². The van der Waals surface area contributed by atoms with Crippen LogP contribution in [0.2, 0.25) is 0 Å². The maximum atomic E-state index is 12.3. The van der Waals surface area contributed by atoms with Gasteiger partial charge in [-0.25, -0.2) is 4.79 Å². The number of furan rings is 1. The number of benzene rings is 1. The number of anilines is 1. The van der Waals surface area contributed by atoms with Crippen LogP contribution >= 0.6 is 0 Å². The van der Waals surface area contributed by atoms with Gasteiger partial charge < -0.3 is 14.1 Å². The standard InChI is InChI=1S/C18H19NO4/c1-11-12(2)23-13(3)17(11)18(21)22-10-16(20)19-9-8-14-6-4-5-7-15(14)19/h4-7H,8-10H2,1-3H3. The van der Waals surface area contributed by atoms with Crippen molar-refractivity contribution in [3.8, 4) is 0 Å². The number of rotatable bonds is 3. The Morgan fingerprint density at radius 2 is 1.91 bits per heavy atom. The molecular formula is C18H19NO4. The normalized spacial score (nSPS) is 13.1. The zero-order valence-electron chi connectivity index (χ0n) is 13.5. The molecule has 0 atom stereocenters. The highest BCUT2D eigenvalue weighted by Gasteiger charge is 2.26. The second-order valence-electron chi connectivity index (χ2n) is 5.71. The fourth-order valence-corrected chi connectivity index (χ4v) is 2.97. The Labute approximate surface area is 134 Å². The second-order valence-corrected chi connectivity index (χ2v) is 5.71. The first-order valence-electron chi connectivity index (χ1n) is 7.61. The summed E-state index contributed by atoms with van der Waals surface area (Å²) in [6.45, 7) is 5.68. The number of esters is 1. The van der Waals surface area contributed by atoms with Crippen LogP contribution in [0.4, 0.5) is 5.69 Å². The van der Waals surface area contributed by atoms with E-state index in [2.05, 4.69) is 0 Å². The highest BCUT2D eigenvalue weighted by atomic mass is 16.5. The molecule has 5 nitrogen and oxygen atoms in total. The van der Waals surface area contributed by atoms with Crippen LogP contribution in [0.1, 0.15) is 33.0 Å². The summed E-state index contributed by atoms with van der Waals surface area (Å²) in [7, 11) is 0. The van der Waals surface area contributed by atoms with Gasteiger partial charge in [-0.3, -0.25) is 4.79 Å². The zero-order chi connectivity index (χ0) is 16.6. The molecule has 1 aromatic carbocycles. The van der Waals surface area contributed by atoms with Crippen LogP contribution < -0.4 is 4.90 Å². The Hall–Kier alpha value is -2.56. The average molecular weight is 313 g/mol. The number of hydrogen-bond donors (Lipinski definition) is 0. The molecule has 0 unspecified atom stereocenters. The highest BCUT2D eigenvalue weighted by Crippen LogP contribution is 2.27. The topological polar surface area (TPSA) is 59.8 Å². The van der Waals surface area contributed by atoms with E-state index in [4.69, 9.17) is 9.15 Å². The fraction of sp³-hybridized carbons (Fsp3) is 0.333. The molecule has 0 spiro atoms. The minimum absolute atomic E-state index is 0.209. The summed E-state index contributed by atoms with van der Waals surface area (Å²) in [6.07, 6.45) is 0.828. The van der Waals surface area contributed by atoms with Gasteiger partial charge in [-0.2, -0.15) is 0 Å². The largest absolute Gasteiger partial charge is 0.465 e. The van der Waals surface area contributed by atoms with Crippen LogP contribution in [0.15, 0.2) is 28.7 Å². The maximum Gasteiger partial charge on any atom is 0.342 e. The van der Waals surface area contributed by atoms with Gasteiger partial charge in [0.25, 0.3) is 5.91 Å². The van der Waals surface area contributed by atoms with Crippen LogP contribution in [0, 0.1) is 20.8 Å². The van der Waals surface area contributed by atoms with Gasteiger partial charge in [0.1, 0.15) is 17.1 Å². The summed E-state index contributed by atoms with van der Waals surface area (Å²) in [5.74, 6) is 0.481. The van der Waals surface area contributed by atoms with Crippen molar-refractivity contribution < 1.29 is 18.7 Å². The zero-order valence-corrected chi connectivity index (χ0v) is 13.5. The molecule has 0 bridgehead atoms. The summed E-state index contributed by atoms with van der Waals surface area (Å²) in [5, 5.41) is 0. The quantitative estimate of drug-likeness (QED) is 0.817. The first-order valence-corrected chi connectivity index (χ1v) is 7.61. The lowest BCUT2D eigenvalue weighted by molar-refractivity contribution is -0.121. The minimum atomic E-state index is -0.516. The molecule has 0 radical (unpaired) electrons. The van der Waals surface area contributed by atoms with E-state index in [1.807, 2.05) is 24.3 Å². The average Bonchev–Trinajstić information content (AvgIpc) is 3.06. The van der Waals surface area contributed by atoms with Gasteiger partial charge in [0.15, 0.2) is 6.61 Å². The first-order chi connectivity index (χ1) is 11.0. The van der Waals surface area contributed by atoms with Crippen LogP contribution in [0.5, 0.6) is 0 Å². The predicted molar refractivity (Wildman–Crippen MR) is 85.7 cm³/mol. The Kier molecular flexibility index (Phi) is 3.94. The molecule has 2 heterocycles. The maximum absolute atomic E-state index is 12.3. The van der Waals surface area contributed by atoms with Crippen molar-refractivity contribution in [1.29, 1.82) is 0 Å². The summed E-state index contributed by atoms with van der Waals surface area (Å²) in [5.41, 5.74) is 3.22. The number of fused-ring (bicyclic) bond motifs is 1. The van der Waals surface area contributed by atoms with Gasteiger partial charge in [-0.05, 0) is 38.8 Å². The van der Waals surface area contributed by atoms with Crippen molar-refractivity contribution >= 4 is 17.6 Å². The van der Waals surface area contributed by atoms with E-state index >= 15 is 0 Å². The van der Waals surface area contributed by atoms with Crippen molar-refractivity contribution in [2.45, 2.75) is 27.2 Å². The lowest BCUT2D eigenvalue weighted by Crippen LogP contribution is -2.33. The lowest BCUT2D eigenvalue weighted by Gasteiger charge is -2.17. The Balaban J connectivity index is 1.67. The van der Waals surface area contributed by atoms with Crippen LogP contribution in [0.25, 0.3) is 0 Å². The number of carbonyl (C=O) groups excluding carboxylic acids is 2. The third-order valence-electron chi connectivity index (χ3n) is 4.28. The Morgan fingerprint density at radius 1 is 1.17 bits per heavy atom. The van der Waals surface area contributed by atoms with Gasteiger partial charge in [-0.1, -0.05) is 18.2 Å². The van der Waals surface area contributed by atoms with E-state index in [1.54, 1.807) is 25.7 Å². The molecule has 0 aliphatic carbocycles. The third kappa shape index (κ3) is 2.74. The molecule has 0 fully saturated rings. The molecule has 1 amide bonds. The molecule has 120 valence electrons. The molecule has 1 aliphatic heterocycles.